The summed E-state index contributed by atoms with van der Waals surface area (Å²) < 4.78 is 18.5. The van der Waals surface area contributed by atoms with Crippen LogP contribution >= 0.6 is 0 Å². The topological polar surface area (TPSA) is 27.7 Å². The summed E-state index contributed by atoms with van der Waals surface area (Å²) in [5.74, 6) is 0. The van der Waals surface area contributed by atoms with E-state index in [1.165, 1.54) is 116 Å². The number of hydrogen-bond donors (Lipinski definition) is 0. The van der Waals surface area contributed by atoms with Crippen molar-refractivity contribution < 1.29 is 42.7 Å². The molecule has 0 aromatic rings. The maximum Gasteiger partial charge on any atom is 0.104 e. The van der Waals surface area contributed by atoms with Crippen LogP contribution in [0.3, 0.4) is 0 Å². The van der Waals surface area contributed by atoms with E-state index in [2.05, 4.69) is 28.1 Å². The fourth-order valence-electron chi connectivity index (χ4n) is 4.35. The lowest BCUT2D eigenvalue weighted by Crippen LogP contribution is -3.00. The van der Waals surface area contributed by atoms with Crippen LogP contribution in [0.25, 0.3) is 0 Å². The van der Waals surface area contributed by atoms with Gasteiger partial charge in [0.05, 0.1) is 40.9 Å². The van der Waals surface area contributed by atoms with Crippen LogP contribution in [0.15, 0.2) is 0 Å². The van der Waals surface area contributed by atoms with Gasteiger partial charge in [-0.15, -0.1) is 0 Å². The lowest BCUT2D eigenvalue weighted by atomic mass is 10.0. The lowest BCUT2D eigenvalue weighted by molar-refractivity contribution is -0.870. The smallest absolute Gasteiger partial charge is 0.104 e. The zero-order chi connectivity index (χ0) is 25.2. The number of ether oxygens (including phenoxy) is 3. The molecule has 0 bridgehead atoms. The summed E-state index contributed by atoms with van der Waals surface area (Å²) in [5, 5.41) is 0. The van der Waals surface area contributed by atoms with Crippen molar-refractivity contribution in [1.29, 1.82) is 0 Å². The summed E-state index contributed by atoms with van der Waals surface area (Å²) in [5.41, 5.74) is 0. The van der Waals surface area contributed by atoms with Gasteiger partial charge in [-0.25, -0.2) is 0 Å². The standard InChI is InChI=1S/C30H64NO3.HI/c1-6-8-9-10-11-12-13-14-15-16-17-18-19-20-21-23-26-32-28-30(34-7-2)29-33-27-24-22-25-31(3,4)5;/h30H,6-29H2,1-5H3;1H/q+1;/p-1/t30-;/m0./s1. The molecule has 214 valence electrons. The Kier molecular flexibility index (Phi) is 31.4. The molecule has 0 aliphatic rings. The van der Waals surface area contributed by atoms with Crippen molar-refractivity contribution in [2.24, 2.45) is 0 Å². The van der Waals surface area contributed by atoms with E-state index in [9.17, 15) is 0 Å². The molecule has 0 heterocycles. The number of nitrogens with zero attached hydrogens (tertiary/aromatic N) is 1. The van der Waals surface area contributed by atoms with Gasteiger partial charge in [0.15, 0.2) is 0 Å². The van der Waals surface area contributed by atoms with Crippen LogP contribution in [0.5, 0.6) is 0 Å². The summed E-state index contributed by atoms with van der Waals surface area (Å²) in [7, 11) is 6.72. The third-order valence-corrected chi connectivity index (χ3v) is 6.52. The van der Waals surface area contributed by atoms with Crippen LogP contribution in [0.4, 0.5) is 0 Å². The molecule has 0 aromatic carbocycles. The molecule has 5 heteroatoms. The number of hydrogen-bond acceptors (Lipinski definition) is 3. The Morgan fingerprint density at radius 1 is 0.514 bits per heavy atom. The Labute approximate surface area is 238 Å². The third-order valence-electron chi connectivity index (χ3n) is 6.52. The minimum Gasteiger partial charge on any atom is -1.00 e. The molecule has 4 nitrogen and oxygen atoms in total. The van der Waals surface area contributed by atoms with Gasteiger partial charge < -0.3 is 42.7 Å². The van der Waals surface area contributed by atoms with Gasteiger partial charge in [-0.3, -0.25) is 0 Å². The number of halogens is 1. The molecule has 0 rings (SSSR count). The molecule has 0 radical (unpaired) electrons. The second-order valence-electron chi connectivity index (χ2n) is 11.3. The highest BCUT2D eigenvalue weighted by Gasteiger charge is 2.10. The molecule has 35 heavy (non-hydrogen) atoms. The molecule has 0 saturated carbocycles. The van der Waals surface area contributed by atoms with Gasteiger partial charge in [-0.05, 0) is 26.2 Å². The van der Waals surface area contributed by atoms with E-state index in [1.54, 1.807) is 0 Å². The fourth-order valence-corrected chi connectivity index (χ4v) is 4.35. The Hall–Kier alpha value is 0.570. The van der Waals surface area contributed by atoms with Crippen molar-refractivity contribution in [3.05, 3.63) is 0 Å². The van der Waals surface area contributed by atoms with Crippen molar-refractivity contribution in [2.45, 2.75) is 136 Å². The van der Waals surface area contributed by atoms with Crippen LogP contribution in [0.2, 0.25) is 0 Å². The summed E-state index contributed by atoms with van der Waals surface area (Å²) >= 11 is 0. The maximum absolute atomic E-state index is 5.88. The zero-order valence-corrected chi connectivity index (χ0v) is 26.8. The molecule has 0 aromatic heterocycles. The SMILES string of the molecule is CCCCCCCCCCCCCCCCCCOC[C@@H](COCCCC[N+](C)(C)C)OCC.[I-]. The van der Waals surface area contributed by atoms with E-state index in [4.69, 9.17) is 14.2 Å². The molecule has 0 aliphatic carbocycles. The minimum absolute atomic E-state index is 0. The van der Waals surface area contributed by atoms with E-state index < -0.39 is 0 Å². The first kappa shape index (κ1) is 37.7. The van der Waals surface area contributed by atoms with Crippen LogP contribution in [0, 0.1) is 0 Å². The van der Waals surface area contributed by atoms with Crippen LogP contribution in [0.1, 0.15) is 129 Å². The van der Waals surface area contributed by atoms with Crippen molar-refractivity contribution >= 4 is 0 Å². The van der Waals surface area contributed by atoms with Crippen molar-refractivity contribution in [2.75, 3.05) is 60.7 Å². The Morgan fingerprint density at radius 2 is 0.886 bits per heavy atom. The van der Waals surface area contributed by atoms with Crippen LogP contribution in [-0.2, 0) is 14.2 Å². The van der Waals surface area contributed by atoms with Crippen molar-refractivity contribution in [3.8, 4) is 0 Å². The molecule has 0 amide bonds. The molecule has 0 N–H and O–H groups in total. The van der Waals surface area contributed by atoms with Gasteiger partial charge in [0.2, 0.25) is 0 Å². The quantitative estimate of drug-likeness (QED) is 0.0692. The molecule has 0 aliphatic heterocycles. The number of rotatable bonds is 28. The van der Waals surface area contributed by atoms with E-state index in [0.29, 0.717) is 13.2 Å². The van der Waals surface area contributed by atoms with Gasteiger partial charge in [-0.2, -0.15) is 0 Å². The van der Waals surface area contributed by atoms with Gasteiger partial charge in [0.1, 0.15) is 6.10 Å². The molecular weight excluding hydrogens is 549 g/mol. The normalized spacial score (nSPS) is 12.6. The van der Waals surface area contributed by atoms with Crippen LogP contribution < -0.4 is 24.0 Å². The summed E-state index contributed by atoms with van der Waals surface area (Å²) in [6, 6.07) is 0. The highest BCUT2D eigenvalue weighted by atomic mass is 127. The first-order valence-corrected chi connectivity index (χ1v) is 15.1. The largest absolute Gasteiger partial charge is 1.00 e. The maximum atomic E-state index is 5.88. The molecule has 1 atom stereocenters. The highest BCUT2D eigenvalue weighted by Crippen LogP contribution is 2.13. The Bertz CT molecular complexity index is 390. The monoisotopic (exact) mass is 613 g/mol. The molecular formula is C30H64INO3. The second-order valence-corrected chi connectivity index (χ2v) is 11.3. The van der Waals surface area contributed by atoms with E-state index in [1.807, 2.05) is 6.92 Å². The number of quaternary nitrogens is 1. The molecule has 0 unspecified atom stereocenters. The molecule has 0 fully saturated rings. The summed E-state index contributed by atoms with van der Waals surface area (Å²) in [4.78, 5) is 0. The predicted octanol–water partition coefficient (Wildman–Crippen LogP) is 5.18. The first-order chi connectivity index (χ1) is 16.5. The fraction of sp³-hybridized carbons (Fsp3) is 1.00. The van der Waals surface area contributed by atoms with E-state index in [-0.39, 0.29) is 30.1 Å². The van der Waals surface area contributed by atoms with Gasteiger partial charge in [-0.1, -0.05) is 103 Å². The summed E-state index contributed by atoms with van der Waals surface area (Å²) in [6.45, 7) is 9.24. The van der Waals surface area contributed by atoms with Gasteiger partial charge in [0, 0.05) is 19.8 Å². The minimum atomic E-state index is 0. The lowest BCUT2D eigenvalue weighted by Gasteiger charge is -2.23. The molecule has 0 spiro atoms. The van der Waals surface area contributed by atoms with Gasteiger partial charge >= 0.3 is 0 Å². The zero-order valence-electron chi connectivity index (χ0n) is 24.6. The number of unbranched alkanes of at least 4 members (excludes halogenated alkanes) is 16. The van der Waals surface area contributed by atoms with Crippen molar-refractivity contribution in [1.82, 2.24) is 0 Å². The highest BCUT2D eigenvalue weighted by molar-refractivity contribution is 4.56. The third kappa shape index (κ3) is 32.5. The Morgan fingerprint density at radius 3 is 1.26 bits per heavy atom. The first-order valence-electron chi connectivity index (χ1n) is 15.1. The average Bonchev–Trinajstić information content (AvgIpc) is 2.79. The van der Waals surface area contributed by atoms with E-state index in [0.717, 1.165) is 30.7 Å². The van der Waals surface area contributed by atoms with Gasteiger partial charge in [0.25, 0.3) is 0 Å². The second kappa shape index (κ2) is 29.1. The predicted molar refractivity (Wildman–Crippen MR) is 149 cm³/mol. The van der Waals surface area contributed by atoms with Crippen LogP contribution in [-0.4, -0.2) is 71.3 Å². The summed E-state index contributed by atoms with van der Waals surface area (Å²) in [6.07, 6.45) is 24.9. The van der Waals surface area contributed by atoms with Crippen molar-refractivity contribution in [3.63, 3.8) is 0 Å². The van der Waals surface area contributed by atoms with E-state index >= 15 is 0 Å². The average molecular weight is 614 g/mol. The Balaban J connectivity index is 0. The molecule has 0 saturated heterocycles.